The molecule has 166 valence electrons. The quantitative estimate of drug-likeness (QED) is 0.544. The van der Waals surface area contributed by atoms with Crippen LogP contribution < -0.4 is 0 Å². The van der Waals surface area contributed by atoms with E-state index < -0.39 is 17.9 Å². The summed E-state index contributed by atoms with van der Waals surface area (Å²) in [5.74, 6) is -2.28. The topological polar surface area (TPSA) is 110 Å². The molecule has 30 heavy (non-hydrogen) atoms. The number of esters is 2. The molecule has 0 amide bonds. The number of phenols is 1. The predicted octanol–water partition coefficient (Wildman–Crippen LogP) is 4.15. The Morgan fingerprint density at radius 2 is 1.27 bits per heavy atom. The van der Waals surface area contributed by atoms with Crippen molar-refractivity contribution in [3.05, 3.63) is 29.8 Å². The molecule has 2 aliphatic rings. The molecule has 7 heteroatoms. The van der Waals surface area contributed by atoms with Crippen LogP contribution in [-0.2, 0) is 30.3 Å². The number of phenolic OH excluding ortho intramolecular Hbond substituents is 1. The Morgan fingerprint density at radius 3 is 1.70 bits per heavy atom. The Kier molecular flexibility index (Phi) is 10.2. The summed E-state index contributed by atoms with van der Waals surface area (Å²) in [6, 6.07) is 6.76. The number of carboxylic acid groups (broad SMARTS) is 1. The molecule has 2 N–H and O–H groups in total. The second kappa shape index (κ2) is 12.9. The molecule has 0 aliphatic heterocycles. The fourth-order valence-electron chi connectivity index (χ4n) is 3.73. The van der Waals surface area contributed by atoms with Gasteiger partial charge in [0.25, 0.3) is 0 Å². The van der Waals surface area contributed by atoms with E-state index in [2.05, 4.69) is 0 Å². The van der Waals surface area contributed by atoms with Gasteiger partial charge in [-0.15, -0.1) is 0 Å². The Balaban J connectivity index is 0.000000232. The van der Waals surface area contributed by atoms with Crippen LogP contribution in [0.1, 0.15) is 76.2 Å². The molecule has 0 saturated heterocycles. The lowest BCUT2D eigenvalue weighted by Gasteiger charge is -2.23. The lowest BCUT2D eigenvalue weighted by atomic mass is 9.98. The lowest BCUT2D eigenvalue weighted by Crippen LogP contribution is -2.31. The van der Waals surface area contributed by atoms with Gasteiger partial charge in [0, 0.05) is 6.42 Å². The highest BCUT2D eigenvalue weighted by molar-refractivity contribution is 6.29. The van der Waals surface area contributed by atoms with Gasteiger partial charge >= 0.3 is 17.9 Å². The Labute approximate surface area is 177 Å². The van der Waals surface area contributed by atoms with Crippen molar-refractivity contribution in [3.63, 3.8) is 0 Å². The fourth-order valence-corrected chi connectivity index (χ4v) is 3.73. The average Bonchev–Trinajstić information content (AvgIpc) is 2.75. The van der Waals surface area contributed by atoms with Crippen LogP contribution in [0.5, 0.6) is 5.75 Å². The number of aliphatic carboxylic acids is 1. The molecule has 0 atom stereocenters. The molecule has 1 aromatic rings. The molecular formula is C23H32O7. The molecule has 0 unspecified atom stereocenters. The van der Waals surface area contributed by atoms with Gasteiger partial charge in [0.15, 0.2) is 0 Å². The van der Waals surface area contributed by atoms with Gasteiger partial charge in [-0.25, -0.2) is 9.59 Å². The van der Waals surface area contributed by atoms with Crippen LogP contribution in [0.4, 0.5) is 0 Å². The van der Waals surface area contributed by atoms with Crippen molar-refractivity contribution in [2.45, 2.75) is 89.3 Å². The number of hydrogen-bond acceptors (Lipinski definition) is 6. The Morgan fingerprint density at radius 1 is 0.800 bits per heavy atom. The average molecular weight is 421 g/mol. The van der Waals surface area contributed by atoms with Crippen LogP contribution in [0.15, 0.2) is 24.3 Å². The second-order valence-corrected chi connectivity index (χ2v) is 7.85. The number of rotatable bonds is 5. The van der Waals surface area contributed by atoms with E-state index in [1.54, 1.807) is 24.3 Å². The van der Waals surface area contributed by atoms with Gasteiger partial charge in [-0.2, -0.15) is 0 Å². The SMILES string of the molecule is O=C(O)CCc1ccccc1O.O=C(OC1CCCCC1)C(=O)OC1CCCCC1. The van der Waals surface area contributed by atoms with Crippen molar-refractivity contribution < 1.29 is 34.1 Å². The number of para-hydroxylation sites is 1. The third kappa shape index (κ3) is 8.84. The predicted molar refractivity (Wildman–Crippen MR) is 110 cm³/mol. The van der Waals surface area contributed by atoms with E-state index >= 15 is 0 Å². The lowest BCUT2D eigenvalue weighted by molar-refractivity contribution is -0.175. The first-order valence-corrected chi connectivity index (χ1v) is 10.9. The molecule has 0 heterocycles. The number of aryl methyl sites for hydroxylation is 1. The molecule has 2 aliphatic carbocycles. The second-order valence-electron chi connectivity index (χ2n) is 7.85. The van der Waals surface area contributed by atoms with E-state index in [-0.39, 0.29) is 24.4 Å². The van der Waals surface area contributed by atoms with Crippen LogP contribution in [-0.4, -0.2) is 40.3 Å². The zero-order valence-electron chi connectivity index (χ0n) is 17.4. The van der Waals surface area contributed by atoms with Crippen LogP contribution in [0, 0.1) is 0 Å². The fraction of sp³-hybridized carbons (Fsp3) is 0.609. The molecule has 1 aromatic carbocycles. The van der Waals surface area contributed by atoms with Crippen LogP contribution in [0.25, 0.3) is 0 Å². The molecule has 2 saturated carbocycles. The summed E-state index contributed by atoms with van der Waals surface area (Å²) in [7, 11) is 0. The molecule has 0 spiro atoms. The van der Waals surface area contributed by atoms with Gasteiger partial charge in [-0.05, 0) is 69.4 Å². The summed E-state index contributed by atoms with van der Waals surface area (Å²) in [5, 5.41) is 17.6. The van der Waals surface area contributed by atoms with Crippen molar-refractivity contribution in [1.29, 1.82) is 0 Å². The summed E-state index contributed by atoms with van der Waals surface area (Å²) in [6.07, 6.45) is 10.5. The Hall–Kier alpha value is -2.57. The number of benzene rings is 1. The molecule has 0 aromatic heterocycles. The minimum Gasteiger partial charge on any atom is -0.508 e. The molecular weight excluding hydrogens is 388 g/mol. The summed E-state index contributed by atoms with van der Waals surface area (Å²) in [5.41, 5.74) is 0.680. The first kappa shape index (κ1) is 23.7. The highest BCUT2D eigenvalue weighted by Crippen LogP contribution is 2.22. The minimum absolute atomic E-state index is 0.0531. The van der Waals surface area contributed by atoms with Gasteiger partial charge in [-0.1, -0.05) is 31.0 Å². The Bertz CT molecular complexity index is 659. The van der Waals surface area contributed by atoms with Crippen molar-refractivity contribution in [2.75, 3.05) is 0 Å². The maximum atomic E-state index is 11.6. The third-order valence-electron chi connectivity index (χ3n) is 5.42. The monoisotopic (exact) mass is 420 g/mol. The third-order valence-corrected chi connectivity index (χ3v) is 5.42. The summed E-state index contributed by atoms with van der Waals surface area (Å²) >= 11 is 0. The normalized spacial score (nSPS) is 17.3. The van der Waals surface area contributed by atoms with E-state index in [9.17, 15) is 19.5 Å². The van der Waals surface area contributed by atoms with Gasteiger partial charge < -0.3 is 19.7 Å². The zero-order chi connectivity index (χ0) is 21.8. The minimum atomic E-state index is -0.849. The van der Waals surface area contributed by atoms with Crippen molar-refractivity contribution in [3.8, 4) is 5.75 Å². The van der Waals surface area contributed by atoms with Gasteiger partial charge in [-0.3, -0.25) is 4.79 Å². The van der Waals surface area contributed by atoms with Crippen molar-refractivity contribution in [2.24, 2.45) is 0 Å². The van der Waals surface area contributed by atoms with E-state index in [1.165, 1.54) is 12.8 Å². The smallest absolute Gasteiger partial charge is 0.417 e. The van der Waals surface area contributed by atoms with Gasteiger partial charge in [0.05, 0.1) is 0 Å². The number of carbonyl (C=O) groups is 3. The first-order chi connectivity index (χ1) is 14.5. The summed E-state index contributed by atoms with van der Waals surface area (Å²) in [4.78, 5) is 33.4. The van der Waals surface area contributed by atoms with Gasteiger partial charge in [0.2, 0.25) is 0 Å². The van der Waals surface area contributed by atoms with Gasteiger partial charge in [0.1, 0.15) is 18.0 Å². The maximum Gasteiger partial charge on any atom is 0.417 e. The first-order valence-electron chi connectivity index (χ1n) is 10.9. The standard InChI is InChI=1S/C14H22O4.C9H10O3/c15-13(17-11-7-3-1-4-8-11)14(16)18-12-9-5-2-6-10-12;10-8-4-2-1-3-7(8)5-6-9(11)12/h11-12H,1-10H2;1-4,10H,5-6H2,(H,11,12). The van der Waals surface area contributed by atoms with E-state index in [0.717, 1.165) is 51.4 Å². The van der Waals surface area contributed by atoms with Crippen molar-refractivity contribution >= 4 is 17.9 Å². The summed E-state index contributed by atoms with van der Waals surface area (Å²) < 4.78 is 10.4. The van der Waals surface area contributed by atoms with Crippen LogP contribution in [0.3, 0.4) is 0 Å². The number of carboxylic acids is 1. The summed E-state index contributed by atoms with van der Waals surface area (Å²) in [6.45, 7) is 0. The van der Waals surface area contributed by atoms with E-state index in [0.29, 0.717) is 12.0 Å². The number of aromatic hydroxyl groups is 1. The van der Waals surface area contributed by atoms with Crippen LogP contribution in [0.2, 0.25) is 0 Å². The molecule has 7 nitrogen and oxygen atoms in total. The van der Waals surface area contributed by atoms with E-state index in [4.69, 9.17) is 14.6 Å². The molecule has 3 rings (SSSR count). The highest BCUT2D eigenvalue weighted by Gasteiger charge is 2.27. The zero-order valence-corrected chi connectivity index (χ0v) is 17.4. The number of ether oxygens (including phenoxy) is 2. The van der Waals surface area contributed by atoms with Crippen molar-refractivity contribution in [1.82, 2.24) is 0 Å². The van der Waals surface area contributed by atoms with E-state index in [1.807, 2.05) is 0 Å². The largest absolute Gasteiger partial charge is 0.508 e. The number of carbonyl (C=O) groups excluding carboxylic acids is 2. The molecule has 0 radical (unpaired) electrons. The highest BCUT2D eigenvalue weighted by atomic mass is 16.6. The maximum absolute atomic E-state index is 11.6. The van der Waals surface area contributed by atoms with Crippen LogP contribution >= 0.6 is 0 Å². The molecule has 0 bridgehead atoms. The number of hydrogen-bond donors (Lipinski definition) is 2. The molecule has 2 fully saturated rings.